The Morgan fingerprint density at radius 1 is 1.50 bits per heavy atom. The predicted octanol–water partition coefficient (Wildman–Crippen LogP) is 0.356. The topological polar surface area (TPSA) is 55.6 Å². The lowest BCUT2D eigenvalue weighted by molar-refractivity contribution is 0.320. The third kappa shape index (κ3) is 8.62. The predicted molar refractivity (Wildman–Crippen MR) is 60.4 cm³/mol. The molecule has 0 saturated carbocycles. The smallest absolute Gasteiger partial charge is 0.155 e. The van der Waals surface area contributed by atoms with E-state index in [9.17, 15) is 4.21 Å². The van der Waals surface area contributed by atoms with Gasteiger partial charge >= 0.3 is 0 Å². The van der Waals surface area contributed by atoms with Gasteiger partial charge in [0.25, 0.3) is 0 Å². The summed E-state index contributed by atoms with van der Waals surface area (Å²) in [4.78, 5) is 2.20. The van der Waals surface area contributed by atoms with Gasteiger partial charge in [0, 0.05) is 6.04 Å². The van der Waals surface area contributed by atoms with E-state index in [4.69, 9.17) is 5.73 Å². The number of nitrogens with two attached hydrogens (primary N) is 1. The lowest BCUT2D eigenvalue weighted by Gasteiger charge is -2.17. The molecular formula is C9H22N2O2S. The van der Waals surface area contributed by atoms with Crippen LogP contribution in [-0.4, -0.2) is 48.2 Å². The van der Waals surface area contributed by atoms with E-state index in [2.05, 4.69) is 16.1 Å². The average molecular weight is 222 g/mol. The number of nitrogens with zero attached hydrogens (tertiary/aromatic N) is 1. The summed E-state index contributed by atoms with van der Waals surface area (Å²) < 4.78 is 15.6. The van der Waals surface area contributed by atoms with Crippen LogP contribution < -0.4 is 5.73 Å². The van der Waals surface area contributed by atoms with Crippen LogP contribution in [-0.2, 0) is 15.3 Å². The maximum Gasteiger partial charge on any atom is 0.155 e. The fraction of sp³-hybridized carbons (Fsp3) is 1.00. The highest BCUT2D eigenvalue weighted by Gasteiger charge is 2.02. The Morgan fingerprint density at radius 2 is 2.14 bits per heavy atom. The summed E-state index contributed by atoms with van der Waals surface area (Å²) in [5.74, 6) is 0.610. The Hall–Kier alpha value is 0.0300. The number of hydrogen-bond donors (Lipinski definition) is 1. The van der Waals surface area contributed by atoms with Crippen LogP contribution in [0.25, 0.3) is 0 Å². The van der Waals surface area contributed by atoms with Gasteiger partial charge in [-0.15, -0.1) is 0 Å². The molecule has 4 nitrogen and oxygen atoms in total. The van der Waals surface area contributed by atoms with Crippen molar-refractivity contribution in [3.63, 3.8) is 0 Å². The third-order valence-electron chi connectivity index (χ3n) is 2.00. The SMILES string of the molecule is COS(=O)CCCN(C)CCC(C)N. The molecule has 0 aromatic carbocycles. The molecular weight excluding hydrogens is 200 g/mol. The van der Waals surface area contributed by atoms with Crippen molar-refractivity contribution < 1.29 is 8.39 Å². The summed E-state index contributed by atoms with van der Waals surface area (Å²) in [7, 11) is 3.52. The van der Waals surface area contributed by atoms with Crippen molar-refractivity contribution in [1.29, 1.82) is 0 Å². The molecule has 0 aromatic heterocycles. The molecule has 0 aliphatic carbocycles. The minimum atomic E-state index is -1.11. The van der Waals surface area contributed by atoms with Gasteiger partial charge < -0.3 is 10.6 Å². The first-order valence-corrected chi connectivity index (χ1v) is 6.17. The molecule has 0 rings (SSSR count). The Kier molecular flexibility index (Phi) is 8.37. The maximum absolute atomic E-state index is 10.9. The zero-order chi connectivity index (χ0) is 11.0. The fourth-order valence-electron chi connectivity index (χ4n) is 1.07. The first-order valence-electron chi connectivity index (χ1n) is 4.93. The van der Waals surface area contributed by atoms with E-state index in [0.29, 0.717) is 5.75 Å². The van der Waals surface area contributed by atoms with Crippen molar-refractivity contribution in [1.82, 2.24) is 4.90 Å². The molecule has 5 heteroatoms. The molecule has 14 heavy (non-hydrogen) atoms. The van der Waals surface area contributed by atoms with Crippen LogP contribution in [0.3, 0.4) is 0 Å². The molecule has 0 spiro atoms. The summed E-state index contributed by atoms with van der Waals surface area (Å²) in [5, 5.41) is 0. The highest BCUT2D eigenvalue weighted by Crippen LogP contribution is 1.95. The molecule has 0 aromatic rings. The zero-order valence-electron chi connectivity index (χ0n) is 9.36. The van der Waals surface area contributed by atoms with Gasteiger partial charge in [-0.25, -0.2) is 4.21 Å². The number of rotatable bonds is 8. The van der Waals surface area contributed by atoms with Crippen molar-refractivity contribution >= 4 is 11.1 Å². The van der Waals surface area contributed by atoms with E-state index >= 15 is 0 Å². The van der Waals surface area contributed by atoms with Crippen molar-refractivity contribution in [3.05, 3.63) is 0 Å². The first-order chi connectivity index (χ1) is 6.56. The Bertz CT molecular complexity index is 165. The van der Waals surface area contributed by atoms with Gasteiger partial charge in [0.15, 0.2) is 11.1 Å². The van der Waals surface area contributed by atoms with E-state index in [1.807, 2.05) is 6.92 Å². The molecule has 0 saturated heterocycles. The van der Waals surface area contributed by atoms with Crippen LogP contribution in [0.15, 0.2) is 0 Å². The van der Waals surface area contributed by atoms with Crippen molar-refractivity contribution in [3.8, 4) is 0 Å². The lowest BCUT2D eigenvalue weighted by atomic mass is 10.2. The van der Waals surface area contributed by atoms with Crippen LogP contribution in [0, 0.1) is 0 Å². The minimum Gasteiger partial charge on any atom is -0.328 e. The summed E-state index contributed by atoms with van der Waals surface area (Å²) in [6.45, 7) is 3.95. The molecule has 2 unspecified atom stereocenters. The highest BCUT2D eigenvalue weighted by molar-refractivity contribution is 7.80. The van der Waals surface area contributed by atoms with E-state index in [0.717, 1.165) is 25.9 Å². The Balaban J connectivity index is 3.35. The second-order valence-corrected chi connectivity index (χ2v) is 4.95. The van der Waals surface area contributed by atoms with Crippen molar-refractivity contribution in [2.45, 2.75) is 25.8 Å². The Labute approximate surface area is 89.5 Å². The molecule has 2 N–H and O–H groups in total. The van der Waals surface area contributed by atoms with Crippen LogP contribution in [0.2, 0.25) is 0 Å². The van der Waals surface area contributed by atoms with E-state index in [-0.39, 0.29) is 6.04 Å². The largest absolute Gasteiger partial charge is 0.328 e. The second kappa shape index (κ2) is 8.35. The lowest BCUT2D eigenvalue weighted by Crippen LogP contribution is -2.27. The highest BCUT2D eigenvalue weighted by atomic mass is 32.2. The van der Waals surface area contributed by atoms with Crippen molar-refractivity contribution in [2.24, 2.45) is 5.73 Å². The molecule has 0 amide bonds. The van der Waals surface area contributed by atoms with Gasteiger partial charge in [-0.2, -0.15) is 0 Å². The molecule has 0 fully saturated rings. The average Bonchev–Trinajstić information content (AvgIpc) is 2.14. The van der Waals surface area contributed by atoms with Crippen LogP contribution in [0.5, 0.6) is 0 Å². The maximum atomic E-state index is 10.9. The summed E-state index contributed by atoms with van der Waals surface area (Å²) >= 11 is -1.11. The monoisotopic (exact) mass is 222 g/mol. The molecule has 0 radical (unpaired) electrons. The summed E-state index contributed by atoms with van der Waals surface area (Å²) in [6, 6.07) is 0.255. The summed E-state index contributed by atoms with van der Waals surface area (Å²) in [5.41, 5.74) is 5.64. The van der Waals surface area contributed by atoms with E-state index in [1.165, 1.54) is 7.11 Å². The van der Waals surface area contributed by atoms with E-state index in [1.54, 1.807) is 0 Å². The number of hydrogen-bond acceptors (Lipinski definition) is 4. The van der Waals surface area contributed by atoms with Crippen LogP contribution >= 0.6 is 0 Å². The van der Waals surface area contributed by atoms with Crippen molar-refractivity contribution in [2.75, 3.05) is 33.0 Å². The second-order valence-electron chi connectivity index (χ2n) is 3.60. The van der Waals surface area contributed by atoms with Gasteiger partial charge in [0.1, 0.15) is 0 Å². The quantitative estimate of drug-likeness (QED) is 0.644. The van der Waals surface area contributed by atoms with Gasteiger partial charge in [-0.1, -0.05) is 0 Å². The fourth-order valence-corrected chi connectivity index (χ4v) is 1.60. The van der Waals surface area contributed by atoms with E-state index < -0.39 is 11.1 Å². The third-order valence-corrected chi connectivity index (χ3v) is 3.00. The van der Waals surface area contributed by atoms with Gasteiger partial charge in [-0.3, -0.25) is 4.18 Å². The van der Waals surface area contributed by atoms with Crippen LogP contribution in [0.1, 0.15) is 19.8 Å². The zero-order valence-corrected chi connectivity index (χ0v) is 10.2. The normalized spacial score (nSPS) is 15.8. The standard InChI is InChI=1S/C9H22N2O2S/c1-9(10)5-7-11(2)6-4-8-14(12)13-3/h9H,4-8,10H2,1-3H3. The van der Waals surface area contributed by atoms with Gasteiger partial charge in [-0.05, 0) is 39.9 Å². The molecule has 0 heterocycles. The molecule has 0 aliphatic rings. The first kappa shape index (κ1) is 14.0. The van der Waals surface area contributed by atoms with Gasteiger partial charge in [0.2, 0.25) is 0 Å². The molecule has 2 atom stereocenters. The summed E-state index contributed by atoms with van der Waals surface area (Å²) in [6.07, 6.45) is 1.90. The Morgan fingerprint density at radius 3 is 2.64 bits per heavy atom. The van der Waals surface area contributed by atoms with Crippen LogP contribution in [0.4, 0.5) is 0 Å². The molecule has 0 bridgehead atoms. The minimum absolute atomic E-state index is 0.255. The molecule has 86 valence electrons. The van der Waals surface area contributed by atoms with Gasteiger partial charge in [0.05, 0.1) is 12.9 Å². The molecule has 0 aliphatic heterocycles.